The topological polar surface area (TPSA) is 117 Å². The normalized spacial score (nSPS) is 12.3. The van der Waals surface area contributed by atoms with E-state index in [1.165, 1.54) is 11.6 Å². The number of aliphatic hydroxyl groups excluding tert-OH is 1. The number of nitrogens with one attached hydrogen (secondary N) is 2. The van der Waals surface area contributed by atoms with Crippen molar-refractivity contribution in [2.75, 3.05) is 18.5 Å². The van der Waals surface area contributed by atoms with E-state index < -0.39 is 23.5 Å². The number of amides is 2. The molecule has 2 aromatic carbocycles. The molecule has 0 unspecified atom stereocenters. The first-order chi connectivity index (χ1) is 14.4. The molecule has 0 aliphatic heterocycles. The molecule has 0 aliphatic carbocycles. The van der Waals surface area contributed by atoms with Gasteiger partial charge in [-0.3, -0.25) is 15.3 Å². The zero-order valence-electron chi connectivity index (χ0n) is 16.9. The molecule has 0 saturated carbocycles. The highest BCUT2D eigenvalue weighted by molar-refractivity contribution is 5.86. The first-order valence-electron chi connectivity index (χ1n) is 9.35. The summed E-state index contributed by atoms with van der Waals surface area (Å²) < 4.78 is 11.1. The molecular weight excluding hydrogens is 388 g/mol. The summed E-state index contributed by atoms with van der Waals surface area (Å²) in [5.41, 5.74) is 2.00. The third-order valence-electron chi connectivity index (χ3n) is 4.24. The first kappa shape index (κ1) is 22.9. The van der Waals surface area contributed by atoms with Crippen molar-refractivity contribution in [1.82, 2.24) is 5.48 Å². The predicted molar refractivity (Wildman–Crippen MR) is 111 cm³/mol. The van der Waals surface area contributed by atoms with Gasteiger partial charge in [0.25, 0.3) is 5.91 Å². The Morgan fingerprint density at radius 2 is 1.77 bits per heavy atom. The van der Waals surface area contributed by atoms with Crippen LogP contribution in [0.5, 0.6) is 5.75 Å². The van der Waals surface area contributed by atoms with Crippen LogP contribution in [0.3, 0.4) is 0 Å². The van der Waals surface area contributed by atoms with Gasteiger partial charge in [0, 0.05) is 17.2 Å². The number of ether oxygens (including phenoxy) is 2. The Morgan fingerprint density at radius 3 is 2.37 bits per heavy atom. The lowest BCUT2D eigenvalue weighted by Crippen LogP contribution is -2.28. The molecule has 2 amide bonds. The van der Waals surface area contributed by atoms with Gasteiger partial charge in [-0.15, -0.1) is 0 Å². The summed E-state index contributed by atoms with van der Waals surface area (Å²) in [6, 6.07) is 15.8. The minimum absolute atomic E-state index is 0.0993. The molecule has 0 bridgehead atoms. The van der Waals surface area contributed by atoms with Crippen molar-refractivity contribution in [3.05, 3.63) is 72.3 Å². The summed E-state index contributed by atoms with van der Waals surface area (Å²) in [4.78, 5) is 23.9. The Hall–Kier alpha value is -3.36. The van der Waals surface area contributed by atoms with E-state index in [0.29, 0.717) is 17.0 Å². The maximum absolute atomic E-state index is 12.5. The highest BCUT2D eigenvalue weighted by atomic mass is 16.6. The van der Waals surface area contributed by atoms with Crippen molar-refractivity contribution in [2.24, 2.45) is 5.41 Å². The third-order valence-corrected chi connectivity index (χ3v) is 4.24. The van der Waals surface area contributed by atoms with Crippen LogP contribution in [0.15, 0.2) is 66.7 Å². The van der Waals surface area contributed by atoms with Crippen molar-refractivity contribution in [3.8, 4) is 5.75 Å². The van der Waals surface area contributed by atoms with Gasteiger partial charge < -0.3 is 14.6 Å². The molecule has 0 aliphatic rings. The van der Waals surface area contributed by atoms with Gasteiger partial charge in [-0.1, -0.05) is 50.3 Å². The van der Waals surface area contributed by atoms with Crippen molar-refractivity contribution in [2.45, 2.75) is 20.0 Å². The summed E-state index contributed by atoms with van der Waals surface area (Å²) in [7, 11) is 0. The molecule has 2 aromatic rings. The van der Waals surface area contributed by atoms with Crippen LogP contribution in [0.25, 0.3) is 0 Å². The average molecular weight is 414 g/mol. The number of para-hydroxylation sites is 1. The number of rotatable bonds is 9. The average Bonchev–Trinajstić information content (AvgIpc) is 2.75. The van der Waals surface area contributed by atoms with Gasteiger partial charge in [0.15, 0.2) is 0 Å². The van der Waals surface area contributed by atoms with Crippen LogP contribution in [0.1, 0.15) is 25.5 Å². The summed E-state index contributed by atoms with van der Waals surface area (Å²) in [5.74, 6) is -0.128. The Balaban J connectivity index is 2.26. The number of aliphatic hydroxyl groups is 1. The van der Waals surface area contributed by atoms with Crippen molar-refractivity contribution >= 4 is 17.7 Å². The van der Waals surface area contributed by atoms with E-state index >= 15 is 0 Å². The number of hydrogen-bond donors (Lipinski definition) is 4. The molecule has 0 radical (unpaired) electrons. The minimum Gasteiger partial charge on any atom is -0.491 e. The number of hydrogen-bond acceptors (Lipinski definition) is 6. The molecule has 8 nitrogen and oxygen atoms in total. The second kappa shape index (κ2) is 11.0. The van der Waals surface area contributed by atoms with Crippen LogP contribution >= 0.6 is 0 Å². The molecule has 1 atom stereocenters. The summed E-state index contributed by atoms with van der Waals surface area (Å²) in [5, 5.41) is 20.3. The lowest BCUT2D eigenvalue weighted by molar-refractivity contribution is -0.124. The highest BCUT2D eigenvalue weighted by Gasteiger charge is 2.32. The molecular formula is C22H26N2O6. The number of carbonyl (C=O) groups is 2. The zero-order valence-corrected chi connectivity index (χ0v) is 16.9. The fourth-order valence-corrected chi connectivity index (χ4v) is 2.74. The summed E-state index contributed by atoms with van der Waals surface area (Å²) in [6.07, 6.45) is 1.31. The maximum Gasteiger partial charge on any atom is 0.412 e. The lowest BCUT2D eigenvalue weighted by atomic mass is 9.82. The van der Waals surface area contributed by atoms with Gasteiger partial charge >= 0.3 is 6.09 Å². The minimum atomic E-state index is -0.798. The van der Waals surface area contributed by atoms with E-state index in [-0.39, 0.29) is 13.2 Å². The van der Waals surface area contributed by atoms with Crippen molar-refractivity contribution in [3.63, 3.8) is 0 Å². The number of anilines is 1. The Kier molecular flexibility index (Phi) is 8.40. The van der Waals surface area contributed by atoms with Crippen LogP contribution in [0, 0.1) is 5.41 Å². The number of benzene rings is 2. The van der Waals surface area contributed by atoms with Crippen LogP contribution < -0.4 is 15.5 Å². The fraction of sp³-hybridized carbons (Fsp3) is 0.273. The SMILES string of the molecule is CC(C)(/C=C/C(=O)NO)[C@H](OC(=O)Nc1ccccc1)c1ccc(OCCO)cc1. The second-order valence-corrected chi connectivity index (χ2v) is 7.05. The zero-order chi connectivity index (χ0) is 22.0. The Labute approximate surface area is 175 Å². The molecule has 160 valence electrons. The van der Waals surface area contributed by atoms with Gasteiger partial charge in [-0.2, -0.15) is 0 Å². The molecule has 0 heterocycles. The van der Waals surface area contributed by atoms with E-state index in [4.69, 9.17) is 19.8 Å². The molecule has 2 rings (SSSR count). The van der Waals surface area contributed by atoms with Crippen LogP contribution in [0.4, 0.5) is 10.5 Å². The molecule has 0 aromatic heterocycles. The van der Waals surface area contributed by atoms with Gasteiger partial charge in [0.2, 0.25) is 0 Å². The van der Waals surface area contributed by atoms with Gasteiger partial charge in [0.05, 0.1) is 6.61 Å². The largest absolute Gasteiger partial charge is 0.491 e. The second-order valence-electron chi connectivity index (χ2n) is 7.05. The molecule has 0 saturated heterocycles. The van der Waals surface area contributed by atoms with Gasteiger partial charge in [-0.25, -0.2) is 10.3 Å². The lowest BCUT2D eigenvalue weighted by Gasteiger charge is -2.31. The molecule has 30 heavy (non-hydrogen) atoms. The third kappa shape index (κ3) is 6.91. The van der Waals surface area contributed by atoms with Crippen LogP contribution in [-0.2, 0) is 9.53 Å². The summed E-state index contributed by atoms with van der Waals surface area (Å²) in [6.45, 7) is 3.66. The molecule has 0 fully saturated rings. The first-order valence-corrected chi connectivity index (χ1v) is 9.35. The van der Waals surface area contributed by atoms with E-state index in [0.717, 1.165) is 0 Å². The monoisotopic (exact) mass is 414 g/mol. The van der Waals surface area contributed by atoms with E-state index in [1.54, 1.807) is 68.5 Å². The van der Waals surface area contributed by atoms with E-state index in [1.807, 2.05) is 6.07 Å². The summed E-state index contributed by atoms with van der Waals surface area (Å²) >= 11 is 0. The van der Waals surface area contributed by atoms with Crippen LogP contribution in [-0.4, -0.2) is 35.5 Å². The Morgan fingerprint density at radius 1 is 1.10 bits per heavy atom. The van der Waals surface area contributed by atoms with E-state index in [2.05, 4.69) is 5.32 Å². The quantitative estimate of drug-likeness (QED) is 0.284. The predicted octanol–water partition coefficient (Wildman–Crippen LogP) is 3.44. The number of carbonyl (C=O) groups excluding carboxylic acids is 2. The smallest absolute Gasteiger partial charge is 0.412 e. The fourth-order valence-electron chi connectivity index (χ4n) is 2.74. The highest BCUT2D eigenvalue weighted by Crippen LogP contribution is 2.38. The Bertz CT molecular complexity index is 850. The van der Waals surface area contributed by atoms with Crippen LogP contribution in [0.2, 0.25) is 0 Å². The van der Waals surface area contributed by atoms with Gasteiger partial charge in [-0.05, 0) is 29.8 Å². The van der Waals surface area contributed by atoms with Gasteiger partial charge in [0.1, 0.15) is 18.5 Å². The number of hydroxylamine groups is 1. The van der Waals surface area contributed by atoms with Crippen molar-refractivity contribution in [1.29, 1.82) is 0 Å². The van der Waals surface area contributed by atoms with E-state index in [9.17, 15) is 9.59 Å². The van der Waals surface area contributed by atoms with Crippen molar-refractivity contribution < 1.29 is 29.4 Å². The molecule has 8 heteroatoms. The standard InChI is InChI=1S/C22H26N2O6/c1-22(2,13-12-19(26)24-28)20(16-8-10-18(11-9-16)29-15-14-25)30-21(27)23-17-6-4-3-5-7-17/h3-13,20,25,28H,14-15H2,1-2H3,(H,23,27)(H,24,26)/b13-12+/t20-/m1/s1. The molecule has 0 spiro atoms. The molecule has 4 N–H and O–H groups in total. The maximum atomic E-state index is 12.5.